The van der Waals surface area contributed by atoms with Crippen LogP contribution in [0.2, 0.25) is 0 Å². The Bertz CT molecular complexity index is 896. The summed E-state index contributed by atoms with van der Waals surface area (Å²) in [4.78, 5) is 5.31. The third-order valence-corrected chi connectivity index (χ3v) is 7.35. The van der Waals surface area contributed by atoms with Gasteiger partial charge in [0.05, 0.1) is 25.4 Å². The highest BCUT2D eigenvalue weighted by Gasteiger charge is 2.52. The van der Waals surface area contributed by atoms with Gasteiger partial charge in [0, 0.05) is 38.6 Å². The lowest BCUT2D eigenvalue weighted by Crippen LogP contribution is -2.63. The predicted molar refractivity (Wildman–Crippen MR) is 120 cm³/mol. The maximum absolute atomic E-state index is 6.76. The minimum atomic E-state index is -0.106. The van der Waals surface area contributed by atoms with E-state index in [-0.39, 0.29) is 5.60 Å². The fourth-order valence-electron chi connectivity index (χ4n) is 5.72. The van der Waals surface area contributed by atoms with E-state index in [1.165, 1.54) is 23.1 Å². The van der Waals surface area contributed by atoms with Crippen molar-refractivity contribution >= 4 is 0 Å². The second-order valence-corrected chi connectivity index (χ2v) is 9.03. The lowest BCUT2D eigenvalue weighted by atomic mass is 9.80. The molecule has 1 spiro atoms. The van der Waals surface area contributed by atoms with Crippen molar-refractivity contribution in [3.63, 3.8) is 0 Å². The fraction of sp³-hybridized carbons (Fsp3) is 0.462. The third-order valence-electron chi connectivity index (χ3n) is 7.35. The molecule has 158 valence electrons. The first-order valence-electron chi connectivity index (χ1n) is 11.1. The molecule has 3 atom stereocenters. The van der Waals surface area contributed by atoms with Gasteiger partial charge in [-0.15, -0.1) is 6.58 Å². The van der Waals surface area contributed by atoms with Crippen molar-refractivity contribution in [1.29, 1.82) is 0 Å². The van der Waals surface area contributed by atoms with Crippen LogP contribution in [-0.4, -0.2) is 54.2 Å². The molecular weight excluding hydrogens is 372 g/mol. The minimum absolute atomic E-state index is 0.106. The number of piperazine rings is 1. The molecule has 0 amide bonds. The number of methoxy groups -OCH3 is 1. The van der Waals surface area contributed by atoms with E-state index in [9.17, 15) is 0 Å². The van der Waals surface area contributed by atoms with Gasteiger partial charge in [-0.2, -0.15) is 0 Å². The summed E-state index contributed by atoms with van der Waals surface area (Å²) in [6, 6.07) is 18.3. The van der Waals surface area contributed by atoms with E-state index < -0.39 is 0 Å². The largest absolute Gasteiger partial charge is 0.497 e. The number of rotatable bonds is 5. The number of hydrogen-bond donors (Lipinski definition) is 0. The molecule has 30 heavy (non-hydrogen) atoms. The van der Waals surface area contributed by atoms with Crippen molar-refractivity contribution in [2.45, 2.75) is 50.1 Å². The standard InChI is InChI=1S/C26H32N2O2/c1-3-14-27-18-25-26(15-21-6-4-5-7-22(21)19-30-26)13-12-23(27)17-28(25)16-20-8-10-24(29-2)11-9-20/h3-11,23,25H,1,12-19H2,2H3/t23-,25+,26-/m0/s1. The van der Waals surface area contributed by atoms with Crippen LogP contribution < -0.4 is 4.74 Å². The molecule has 2 bridgehead atoms. The molecule has 3 fully saturated rings. The molecule has 4 aliphatic rings. The molecule has 0 saturated carbocycles. The lowest BCUT2D eigenvalue weighted by molar-refractivity contribution is -0.130. The zero-order valence-electron chi connectivity index (χ0n) is 17.9. The maximum Gasteiger partial charge on any atom is 0.118 e. The molecule has 0 N–H and O–H groups in total. The first-order chi connectivity index (χ1) is 14.7. The Hall–Kier alpha value is -2.14. The zero-order chi connectivity index (χ0) is 20.6. The molecule has 0 unspecified atom stereocenters. The highest BCUT2D eigenvalue weighted by atomic mass is 16.5. The normalized spacial score (nSPS) is 28.8. The van der Waals surface area contributed by atoms with E-state index in [0.29, 0.717) is 12.1 Å². The minimum Gasteiger partial charge on any atom is -0.497 e. The van der Waals surface area contributed by atoms with Crippen LogP contribution in [0.1, 0.15) is 29.5 Å². The van der Waals surface area contributed by atoms with Crippen LogP contribution in [0.3, 0.4) is 0 Å². The summed E-state index contributed by atoms with van der Waals surface area (Å²) in [6.07, 6.45) is 5.38. The van der Waals surface area contributed by atoms with Gasteiger partial charge in [0.15, 0.2) is 0 Å². The Morgan fingerprint density at radius 1 is 1.10 bits per heavy atom. The summed E-state index contributed by atoms with van der Waals surface area (Å²) in [5, 5.41) is 0. The zero-order valence-corrected chi connectivity index (χ0v) is 17.9. The third kappa shape index (κ3) is 3.58. The molecule has 2 aromatic rings. The van der Waals surface area contributed by atoms with Gasteiger partial charge in [-0.3, -0.25) is 9.80 Å². The molecule has 0 radical (unpaired) electrons. The smallest absolute Gasteiger partial charge is 0.118 e. The number of hydrogen-bond acceptors (Lipinski definition) is 4. The molecule has 4 heteroatoms. The topological polar surface area (TPSA) is 24.9 Å². The lowest BCUT2D eigenvalue weighted by Gasteiger charge is -2.50. The van der Waals surface area contributed by atoms with Crippen LogP contribution in [0.5, 0.6) is 5.75 Å². The molecule has 2 aromatic carbocycles. The Morgan fingerprint density at radius 2 is 1.90 bits per heavy atom. The van der Waals surface area contributed by atoms with Gasteiger partial charge in [-0.05, 0) is 41.7 Å². The van der Waals surface area contributed by atoms with E-state index >= 15 is 0 Å². The van der Waals surface area contributed by atoms with Crippen LogP contribution in [0.15, 0.2) is 61.2 Å². The maximum atomic E-state index is 6.76. The average molecular weight is 405 g/mol. The van der Waals surface area contributed by atoms with Gasteiger partial charge >= 0.3 is 0 Å². The van der Waals surface area contributed by atoms with Gasteiger partial charge in [-0.1, -0.05) is 42.5 Å². The van der Waals surface area contributed by atoms with E-state index in [2.05, 4.69) is 71.0 Å². The summed E-state index contributed by atoms with van der Waals surface area (Å²) in [6.45, 7) is 8.80. The van der Waals surface area contributed by atoms with Crippen molar-refractivity contribution in [2.24, 2.45) is 0 Å². The molecule has 0 aromatic heterocycles. The van der Waals surface area contributed by atoms with Crippen LogP contribution in [0.25, 0.3) is 0 Å². The molecule has 4 aliphatic heterocycles. The predicted octanol–water partition coefficient (Wildman–Crippen LogP) is 4.04. The van der Waals surface area contributed by atoms with E-state index in [0.717, 1.165) is 51.4 Å². The molecule has 4 nitrogen and oxygen atoms in total. The number of benzene rings is 2. The van der Waals surface area contributed by atoms with Crippen LogP contribution in [-0.2, 0) is 24.3 Å². The molecule has 6 rings (SSSR count). The molecular formula is C26H32N2O2. The monoisotopic (exact) mass is 404 g/mol. The van der Waals surface area contributed by atoms with E-state index in [1.54, 1.807) is 7.11 Å². The molecule has 0 aliphatic carbocycles. The molecule has 3 saturated heterocycles. The second kappa shape index (κ2) is 8.18. The van der Waals surface area contributed by atoms with E-state index in [1.807, 2.05) is 0 Å². The van der Waals surface area contributed by atoms with Crippen molar-refractivity contribution in [2.75, 3.05) is 26.7 Å². The quantitative estimate of drug-likeness (QED) is 0.702. The Balaban J connectivity index is 1.45. The first-order valence-corrected chi connectivity index (χ1v) is 11.1. The fourth-order valence-corrected chi connectivity index (χ4v) is 5.72. The summed E-state index contributed by atoms with van der Waals surface area (Å²) in [7, 11) is 1.72. The highest BCUT2D eigenvalue weighted by Crippen LogP contribution is 2.43. The first kappa shape index (κ1) is 19.8. The van der Waals surface area contributed by atoms with Crippen LogP contribution in [0.4, 0.5) is 0 Å². The van der Waals surface area contributed by atoms with Gasteiger partial charge in [0.25, 0.3) is 0 Å². The number of fused-ring (bicyclic) bond motifs is 4. The van der Waals surface area contributed by atoms with Crippen molar-refractivity contribution in [3.05, 3.63) is 77.9 Å². The van der Waals surface area contributed by atoms with Crippen molar-refractivity contribution < 1.29 is 9.47 Å². The average Bonchev–Trinajstić information content (AvgIpc) is 3.00. The Labute approximate surface area is 180 Å². The Morgan fingerprint density at radius 3 is 2.67 bits per heavy atom. The summed E-state index contributed by atoms with van der Waals surface area (Å²) in [5.41, 5.74) is 4.05. The second-order valence-electron chi connectivity index (χ2n) is 9.03. The number of ether oxygens (including phenoxy) is 2. The van der Waals surface area contributed by atoms with Crippen LogP contribution >= 0.6 is 0 Å². The summed E-state index contributed by atoms with van der Waals surface area (Å²) >= 11 is 0. The summed E-state index contributed by atoms with van der Waals surface area (Å²) < 4.78 is 12.1. The number of nitrogens with zero attached hydrogens (tertiary/aromatic N) is 2. The SMILES string of the molecule is C=CCN1C[C@H]2N(Cc3ccc(OC)cc3)C[C@@H]1CC[C@]21Cc2ccccc2CO1. The van der Waals surface area contributed by atoms with Crippen molar-refractivity contribution in [3.8, 4) is 5.75 Å². The van der Waals surface area contributed by atoms with Gasteiger partial charge in [-0.25, -0.2) is 0 Å². The van der Waals surface area contributed by atoms with Gasteiger partial charge < -0.3 is 9.47 Å². The molecule has 4 heterocycles. The van der Waals surface area contributed by atoms with E-state index in [4.69, 9.17) is 9.47 Å². The van der Waals surface area contributed by atoms with Crippen molar-refractivity contribution in [1.82, 2.24) is 9.80 Å². The summed E-state index contributed by atoms with van der Waals surface area (Å²) in [5.74, 6) is 0.914. The van der Waals surface area contributed by atoms with Crippen LogP contribution in [0, 0.1) is 0 Å². The Kier molecular flexibility index (Phi) is 5.40. The van der Waals surface area contributed by atoms with Gasteiger partial charge in [0.1, 0.15) is 5.75 Å². The van der Waals surface area contributed by atoms with Gasteiger partial charge in [0.2, 0.25) is 0 Å². The highest BCUT2D eigenvalue weighted by molar-refractivity contribution is 5.32.